The van der Waals surface area contributed by atoms with Crippen LogP contribution in [0.2, 0.25) is 0 Å². The van der Waals surface area contributed by atoms with E-state index in [9.17, 15) is 4.79 Å². The minimum atomic E-state index is -0.307. The molecule has 1 aliphatic rings. The number of hydrogen-bond acceptors (Lipinski definition) is 7. The van der Waals surface area contributed by atoms with Crippen LogP contribution in [0.3, 0.4) is 0 Å². The molecule has 0 spiro atoms. The first-order chi connectivity index (χ1) is 15.5. The third-order valence-corrected chi connectivity index (χ3v) is 5.81. The summed E-state index contributed by atoms with van der Waals surface area (Å²) in [5.74, 6) is 1.52. The van der Waals surface area contributed by atoms with E-state index in [-0.39, 0.29) is 18.3 Å². The van der Waals surface area contributed by atoms with E-state index in [0.29, 0.717) is 18.0 Å². The summed E-state index contributed by atoms with van der Waals surface area (Å²) < 4.78 is 14.0. The maximum Gasteiger partial charge on any atom is 0.368 e. The Balaban J connectivity index is 1.50. The van der Waals surface area contributed by atoms with Crippen LogP contribution in [-0.2, 0) is 24.8 Å². The molecule has 1 unspecified atom stereocenters. The Hall–Kier alpha value is -3.62. The first-order valence-corrected chi connectivity index (χ1v) is 10.7. The predicted molar refractivity (Wildman–Crippen MR) is 121 cm³/mol. The molecule has 0 saturated heterocycles. The SMILES string of the molecule is CC/C(=N/NC1CCc2c(OC)cccc21)OCc1c(C)cccc1-n1nnn(C)c1=O. The zero-order chi connectivity index (χ0) is 22.7. The predicted octanol–water partition coefficient (Wildman–Crippen LogP) is 2.80. The lowest BCUT2D eigenvalue weighted by molar-refractivity contribution is 0.278. The van der Waals surface area contributed by atoms with E-state index in [2.05, 4.69) is 27.0 Å². The molecule has 1 atom stereocenters. The molecule has 1 N–H and O–H groups in total. The largest absolute Gasteiger partial charge is 0.496 e. The van der Waals surface area contributed by atoms with Crippen molar-refractivity contribution in [3.05, 3.63) is 69.1 Å². The molecule has 0 bridgehead atoms. The molecule has 1 aromatic heterocycles. The van der Waals surface area contributed by atoms with Crippen LogP contribution in [0.15, 0.2) is 46.3 Å². The molecular weight excluding hydrogens is 408 g/mol. The second-order valence-corrected chi connectivity index (χ2v) is 7.77. The van der Waals surface area contributed by atoms with Gasteiger partial charge in [0.15, 0.2) is 0 Å². The topological polar surface area (TPSA) is 95.6 Å². The Labute approximate surface area is 186 Å². The number of hydrazone groups is 1. The summed E-state index contributed by atoms with van der Waals surface area (Å²) in [6.07, 6.45) is 2.54. The lowest BCUT2D eigenvalue weighted by atomic mass is 10.1. The van der Waals surface area contributed by atoms with Crippen LogP contribution in [0.25, 0.3) is 5.69 Å². The van der Waals surface area contributed by atoms with Gasteiger partial charge in [0.25, 0.3) is 0 Å². The van der Waals surface area contributed by atoms with E-state index in [1.54, 1.807) is 14.2 Å². The molecule has 0 aliphatic heterocycles. The molecule has 2 aromatic carbocycles. The molecule has 0 radical (unpaired) electrons. The number of nitrogens with zero attached hydrogens (tertiary/aromatic N) is 5. The molecule has 0 fully saturated rings. The van der Waals surface area contributed by atoms with Gasteiger partial charge in [0.1, 0.15) is 12.4 Å². The summed E-state index contributed by atoms with van der Waals surface area (Å²) in [7, 11) is 3.27. The molecule has 4 rings (SSSR count). The second kappa shape index (κ2) is 9.25. The van der Waals surface area contributed by atoms with Crippen molar-refractivity contribution in [1.29, 1.82) is 0 Å². The standard InChI is InChI=1S/C23H28N6O3/c1-5-22(25-24-19-13-12-17-16(19)9-7-11-21(17)31-4)32-14-18-15(2)8-6-10-20(18)29-23(30)28(3)26-27-29/h6-11,19,24H,5,12-14H2,1-4H3/b25-22-. The first-order valence-electron chi connectivity index (χ1n) is 10.7. The number of benzene rings is 2. The van der Waals surface area contributed by atoms with Gasteiger partial charge in [-0.15, -0.1) is 5.10 Å². The maximum atomic E-state index is 12.3. The summed E-state index contributed by atoms with van der Waals surface area (Å²) in [5.41, 5.74) is 7.94. The third kappa shape index (κ3) is 4.10. The normalized spacial score (nSPS) is 15.5. The molecule has 9 nitrogen and oxygen atoms in total. The fourth-order valence-corrected chi connectivity index (χ4v) is 4.00. The Bertz CT molecular complexity index is 1200. The van der Waals surface area contributed by atoms with E-state index < -0.39 is 0 Å². The number of rotatable bonds is 7. The fourth-order valence-electron chi connectivity index (χ4n) is 4.00. The lowest BCUT2D eigenvalue weighted by Crippen LogP contribution is -2.23. The van der Waals surface area contributed by atoms with Crippen molar-refractivity contribution in [3.8, 4) is 11.4 Å². The molecule has 0 saturated carbocycles. The molecule has 3 aromatic rings. The van der Waals surface area contributed by atoms with Crippen LogP contribution in [0.5, 0.6) is 5.75 Å². The van der Waals surface area contributed by atoms with Gasteiger partial charge in [-0.25, -0.2) is 4.79 Å². The Morgan fingerprint density at radius 1 is 1.25 bits per heavy atom. The maximum absolute atomic E-state index is 12.3. The zero-order valence-electron chi connectivity index (χ0n) is 18.8. The van der Waals surface area contributed by atoms with Gasteiger partial charge < -0.3 is 9.47 Å². The van der Waals surface area contributed by atoms with E-state index >= 15 is 0 Å². The van der Waals surface area contributed by atoms with Gasteiger partial charge in [0.2, 0.25) is 5.90 Å². The molecule has 0 amide bonds. The molecule has 1 aliphatic carbocycles. The highest BCUT2D eigenvalue weighted by atomic mass is 16.5. The van der Waals surface area contributed by atoms with Gasteiger partial charge in [-0.1, -0.05) is 31.2 Å². The summed E-state index contributed by atoms with van der Waals surface area (Å²) in [5, 5.41) is 12.3. The minimum Gasteiger partial charge on any atom is -0.496 e. The van der Waals surface area contributed by atoms with Gasteiger partial charge in [-0.05, 0) is 59.0 Å². The van der Waals surface area contributed by atoms with Gasteiger partial charge in [0, 0.05) is 19.0 Å². The zero-order valence-corrected chi connectivity index (χ0v) is 18.8. The number of aryl methyl sites for hydroxylation is 2. The summed E-state index contributed by atoms with van der Waals surface area (Å²) in [6, 6.07) is 11.9. The summed E-state index contributed by atoms with van der Waals surface area (Å²) in [4.78, 5) is 12.3. The number of tetrazole rings is 1. The number of aromatic nitrogens is 4. The summed E-state index contributed by atoms with van der Waals surface area (Å²) in [6.45, 7) is 4.25. The van der Waals surface area contributed by atoms with Crippen molar-refractivity contribution in [2.24, 2.45) is 12.1 Å². The highest BCUT2D eigenvalue weighted by Gasteiger charge is 2.25. The van der Waals surface area contributed by atoms with E-state index in [1.807, 2.05) is 44.2 Å². The van der Waals surface area contributed by atoms with Crippen molar-refractivity contribution in [2.45, 2.75) is 45.8 Å². The number of ether oxygens (including phenoxy) is 2. The second-order valence-electron chi connectivity index (χ2n) is 7.77. The van der Waals surface area contributed by atoms with Crippen molar-refractivity contribution >= 4 is 5.90 Å². The minimum absolute atomic E-state index is 0.123. The van der Waals surface area contributed by atoms with E-state index in [0.717, 1.165) is 29.7 Å². The van der Waals surface area contributed by atoms with Gasteiger partial charge in [-0.3, -0.25) is 5.43 Å². The molecule has 168 valence electrons. The Morgan fingerprint density at radius 3 is 2.78 bits per heavy atom. The molecular formula is C23H28N6O3. The van der Waals surface area contributed by atoms with Gasteiger partial charge in [0.05, 0.1) is 18.8 Å². The van der Waals surface area contributed by atoms with Crippen molar-refractivity contribution < 1.29 is 9.47 Å². The third-order valence-electron chi connectivity index (χ3n) is 5.81. The van der Waals surface area contributed by atoms with E-state index in [4.69, 9.17) is 9.47 Å². The Morgan fingerprint density at radius 2 is 2.06 bits per heavy atom. The number of hydrogen-bond donors (Lipinski definition) is 1. The number of methoxy groups -OCH3 is 1. The highest BCUT2D eigenvalue weighted by Crippen LogP contribution is 2.36. The van der Waals surface area contributed by atoms with Gasteiger partial charge >= 0.3 is 5.69 Å². The monoisotopic (exact) mass is 436 g/mol. The fraction of sp³-hybridized carbons (Fsp3) is 0.391. The van der Waals surface area contributed by atoms with Crippen LogP contribution in [0, 0.1) is 6.92 Å². The quantitative estimate of drug-likeness (QED) is 0.348. The smallest absolute Gasteiger partial charge is 0.368 e. The number of fused-ring (bicyclic) bond motifs is 1. The Kier molecular flexibility index (Phi) is 6.25. The summed E-state index contributed by atoms with van der Waals surface area (Å²) >= 11 is 0. The number of nitrogens with one attached hydrogen (secondary N) is 1. The van der Waals surface area contributed by atoms with Crippen LogP contribution >= 0.6 is 0 Å². The first kappa shape index (κ1) is 21.6. The average molecular weight is 437 g/mol. The lowest BCUT2D eigenvalue weighted by Gasteiger charge is -2.16. The van der Waals surface area contributed by atoms with Crippen LogP contribution in [0.4, 0.5) is 0 Å². The van der Waals surface area contributed by atoms with Crippen molar-refractivity contribution in [1.82, 2.24) is 25.2 Å². The van der Waals surface area contributed by atoms with E-state index in [1.165, 1.54) is 20.5 Å². The van der Waals surface area contributed by atoms with Crippen LogP contribution in [-0.4, -0.2) is 32.8 Å². The molecule has 1 heterocycles. The highest BCUT2D eigenvalue weighted by molar-refractivity contribution is 5.75. The average Bonchev–Trinajstić information content (AvgIpc) is 3.37. The van der Waals surface area contributed by atoms with Crippen molar-refractivity contribution in [2.75, 3.05) is 7.11 Å². The molecule has 32 heavy (non-hydrogen) atoms. The van der Waals surface area contributed by atoms with Crippen molar-refractivity contribution in [3.63, 3.8) is 0 Å². The van der Waals surface area contributed by atoms with Crippen LogP contribution in [0.1, 0.15) is 48.1 Å². The molecule has 9 heteroatoms. The van der Waals surface area contributed by atoms with Gasteiger partial charge in [-0.2, -0.15) is 9.36 Å². The van der Waals surface area contributed by atoms with Crippen LogP contribution < -0.4 is 15.9 Å².